The Kier molecular flexibility index (Phi) is 5.10. The van der Waals surface area contributed by atoms with Gasteiger partial charge in [0.2, 0.25) is 0 Å². The maximum atomic E-state index is 9.81. The molecule has 0 aliphatic rings. The molecule has 0 bridgehead atoms. The molecule has 2 rings (SSSR count). The van der Waals surface area contributed by atoms with Crippen molar-refractivity contribution < 1.29 is 0 Å². The SMILES string of the molecule is CCc1c(C#N)c(C#N)c2c(C#N)c(C(C)C)c(C#N)c(C#N)c2c1C#N. The van der Waals surface area contributed by atoms with Crippen LogP contribution in [0.2, 0.25) is 0 Å². The first kappa shape index (κ1) is 19.0. The summed E-state index contributed by atoms with van der Waals surface area (Å²) in [4.78, 5) is 0. The largest absolute Gasteiger partial charge is 0.192 e. The molecule has 0 saturated heterocycles. The van der Waals surface area contributed by atoms with Gasteiger partial charge in [0.05, 0.1) is 33.4 Å². The monoisotopic (exact) mass is 348 g/mol. The smallest absolute Gasteiger partial charge is 0.101 e. The van der Waals surface area contributed by atoms with Crippen LogP contribution in [0.3, 0.4) is 0 Å². The molecule has 0 aliphatic carbocycles. The third-order valence-electron chi connectivity index (χ3n) is 4.49. The molecule has 0 spiro atoms. The molecule has 126 valence electrons. The molecule has 0 amide bonds. The number of hydrogen-bond donors (Lipinski definition) is 0. The number of fused-ring (bicyclic) bond motifs is 1. The van der Waals surface area contributed by atoms with Crippen molar-refractivity contribution in [3.8, 4) is 36.4 Å². The van der Waals surface area contributed by atoms with E-state index in [0.29, 0.717) is 11.1 Å². The molecule has 2 aromatic rings. The summed E-state index contributed by atoms with van der Waals surface area (Å²) >= 11 is 0. The van der Waals surface area contributed by atoms with E-state index in [1.54, 1.807) is 20.8 Å². The predicted molar refractivity (Wildman–Crippen MR) is 95.7 cm³/mol. The standard InChI is InChI=1S/C21H12N6/c1-4-12-13(5-22)15(7-24)21-18(10-27)19(11(2)3)16(8-25)17(9-26)20(21)14(12)6-23/h11H,4H2,1-3H3. The zero-order chi connectivity index (χ0) is 20.3. The van der Waals surface area contributed by atoms with Gasteiger partial charge in [-0.3, -0.25) is 0 Å². The van der Waals surface area contributed by atoms with Crippen molar-refractivity contribution in [3.63, 3.8) is 0 Å². The van der Waals surface area contributed by atoms with E-state index >= 15 is 0 Å². The molecule has 6 nitrogen and oxygen atoms in total. The lowest BCUT2D eigenvalue weighted by Crippen LogP contribution is -2.08. The van der Waals surface area contributed by atoms with Gasteiger partial charge in [-0.1, -0.05) is 20.8 Å². The Hall–Kier alpha value is -4.36. The fraction of sp³-hybridized carbons (Fsp3) is 0.238. The van der Waals surface area contributed by atoms with Crippen LogP contribution in [0.15, 0.2) is 0 Å². The molecule has 0 fully saturated rings. The van der Waals surface area contributed by atoms with Crippen LogP contribution in [-0.2, 0) is 6.42 Å². The van der Waals surface area contributed by atoms with Gasteiger partial charge >= 0.3 is 0 Å². The van der Waals surface area contributed by atoms with Crippen LogP contribution >= 0.6 is 0 Å². The molecule has 0 radical (unpaired) electrons. The second kappa shape index (κ2) is 7.26. The lowest BCUT2D eigenvalue weighted by Gasteiger charge is -2.19. The van der Waals surface area contributed by atoms with Crippen LogP contribution in [-0.4, -0.2) is 0 Å². The highest BCUT2D eigenvalue weighted by Gasteiger charge is 2.29. The summed E-state index contributed by atoms with van der Waals surface area (Å²) < 4.78 is 0. The molecule has 0 aromatic heterocycles. The number of benzene rings is 2. The van der Waals surface area contributed by atoms with E-state index in [1.165, 1.54) is 0 Å². The Bertz CT molecular complexity index is 1240. The van der Waals surface area contributed by atoms with Crippen molar-refractivity contribution in [1.82, 2.24) is 0 Å². The van der Waals surface area contributed by atoms with Gasteiger partial charge in [0.1, 0.15) is 36.4 Å². The van der Waals surface area contributed by atoms with Gasteiger partial charge in [0, 0.05) is 10.8 Å². The third kappa shape index (κ3) is 2.51. The fourth-order valence-corrected chi connectivity index (χ4v) is 3.45. The molecule has 2 aromatic carbocycles. The van der Waals surface area contributed by atoms with Crippen molar-refractivity contribution in [3.05, 3.63) is 44.5 Å². The van der Waals surface area contributed by atoms with E-state index in [9.17, 15) is 31.6 Å². The molecule has 0 N–H and O–H groups in total. The topological polar surface area (TPSA) is 143 Å². The number of hydrogen-bond acceptors (Lipinski definition) is 6. The Morgan fingerprint density at radius 2 is 1.00 bits per heavy atom. The Labute approximate surface area is 156 Å². The van der Waals surface area contributed by atoms with Crippen LogP contribution in [0.25, 0.3) is 10.8 Å². The minimum Gasteiger partial charge on any atom is -0.192 e. The van der Waals surface area contributed by atoms with Gasteiger partial charge in [0.25, 0.3) is 0 Å². The first-order chi connectivity index (χ1) is 13.0. The highest BCUT2D eigenvalue weighted by Crippen LogP contribution is 2.40. The first-order valence-electron chi connectivity index (χ1n) is 8.10. The maximum Gasteiger partial charge on any atom is 0.101 e. The first-order valence-corrected chi connectivity index (χ1v) is 8.10. The van der Waals surface area contributed by atoms with Crippen LogP contribution in [0.5, 0.6) is 0 Å². The summed E-state index contributed by atoms with van der Waals surface area (Å²) in [5.74, 6) is -0.278. The van der Waals surface area contributed by atoms with E-state index in [4.69, 9.17) is 0 Å². The summed E-state index contributed by atoms with van der Waals surface area (Å²) in [7, 11) is 0. The highest BCUT2D eigenvalue weighted by molar-refractivity contribution is 6.04. The van der Waals surface area contributed by atoms with E-state index in [1.807, 2.05) is 36.4 Å². The van der Waals surface area contributed by atoms with Gasteiger partial charge in [-0.05, 0) is 23.5 Å². The molecule has 0 heterocycles. The van der Waals surface area contributed by atoms with Gasteiger partial charge in [-0.25, -0.2) is 0 Å². The average Bonchev–Trinajstić information content (AvgIpc) is 2.69. The number of nitriles is 6. The summed E-state index contributed by atoms with van der Waals surface area (Å²) in [5.41, 5.74) is 0.784. The van der Waals surface area contributed by atoms with Gasteiger partial charge in [-0.2, -0.15) is 31.6 Å². The van der Waals surface area contributed by atoms with Crippen LogP contribution < -0.4 is 0 Å². The van der Waals surface area contributed by atoms with Crippen molar-refractivity contribution >= 4 is 10.8 Å². The molecular formula is C21H12N6. The van der Waals surface area contributed by atoms with Crippen molar-refractivity contribution in [1.29, 1.82) is 31.6 Å². The lowest BCUT2D eigenvalue weighted by molar-refractivity contribution is 0.860. The predicted octanol–water partition coefficient (Wildman–Crippen LogP) is 3.76. The summed E-state index contributed by atoms with van der Waals surface area (Å²) in [6.07, 6.45) is 0.289. The molecule has 0 atom stereocenters. The molecule has 6 heteroatoms. The third-order valence-corrected chi connectivity index (χ3v) is 4.49. The van der Waals surface area contributed by atoms with Crippen molar-refractivity contribution in [2.75, 3.05) is 0 Å². The summed E-state index contributed by atoms with van der Waals surface area (Å²) in [5, 5.41) is 58.5. The van der Waals surface area contributed by atoms with Crippen LogP contribution in [0.4, 0.5) is 0 Å². The zero-order valence-corrected chi connectivity index (χ0v) is 15.0. The minimum atomic E-state index is -0.278. The maximum absolute atomic E-state index is 9.81. The van der Waals surface area contributed by atoms with Crippen LogP contribution in [0.1, 0.15) is 71.2 Å². The number of rotatable bonds is 2. The van der Waals surface area contributed by atoms with Gasteiger partial charge in [0.15, 0.2) is 0 Å². The molecule has 0 unspecified atom stereocenters. The van der Waals surface area contributed by atoms with E-state index in [-0.39, 0.29) is 56.5 Å². The highest BCUT2D eigenvalue weighted by atomic mass is 14.4. The van der Waals surface area contributed by atoms with E-state index in [2.05, 4.69) is 0 Å². The van der Waals surface area contributed by atoms with Crippen molar-refractivity contribution in [2.45, 2.75) is 33.1 Å². The second-order valence-corrected chi connectivity index (χ2v) is 6.07. The second-order valence-electron chi connectivity index (χ2n) is 6.07. The van der Waals surface area contributed by atoms with E-state index < -0.39 is 0 Å². The van der Waals surface area contributed by atoms with E-state index in [0.717, 1.165) is 0 Å². The quantitative estimate of drug-likeness (QED) is 0.808. The van der Waals surface area contributed by atoms with Crippen molar-refractivity contribution in [2.24, 2.45) is 0 Å². The van der Waals surface area contributed by atoms with Gasteiger partial charge in [-0.15, -0.1) is 0 Å². The average molecular weight is 348 g/mol. The minimum absolute atomic E-state index is 0.0312. The molecule has 0 saturated carbocycles. The Balaban J connectivity index is 3.56. The lowest BCUT2D eigenvalue weighted by atomic mass is 9.79. The molecular weight excluding hydrogens is 336 g/mol. The van der Waals surface area contributed by atoms with Crippen LogP contribution in [0, 0.1) is 68.0 Å². The Morgan fingerprint density at radius 3 is 1.37 bits per heavy atom. The zero-order valence-electron chi connectivity index (χ0n) is 15.0. The van der Waals surface area contributed by atoms with Gasteiger partial charge < -0.3 is 0 Å². The number of nitrogens with zero attached hydrogens (tertiary/aromatic N) is 6. The summed E-state index contributed by atoms with van der Waals surface area (Å²) in [6, 6.07) is 11.9. The normalized spacial score (nSPS) is 9.56. The fourth-order valence-electron chi connectivity index (χ4n) is 3.45. The molecule has 27 heavy (non-hydrogen) atoms. The summed E-state index contributed by atoms with van der Waals surface area (Å²) in [6.45, 7) is 5.27. The molecule has 0 aliphatic heterocycles. The Morgan fingerprint density at radius 1 is 0.593 bits per heavy atom.